The largest absolute Gasteiger partial charge is 0.482 e. The lowest BCUT2D eigenvalue weighted by Crippen LogP contribution is -2.26. The van der Waals surface area contributed by atoms with E-state index in [1.165, 1.54) is 0 Å². The summed E-state index contributed by atoms with van der Waals surface area (Å²) in [6.07, 6.45) is 0. The second kappa shape index (κ2) is 9.40. The second-order valence-corrected chi connectivity index (χ2v) is 7.09. The standard InChI is InChI=1S/C23H19ClN2O5/c24-17-6-2-4-8-19(17)29-13-22(27)26-18-7-3-1-5-16(18)23(28)25-12-15-9-10-20-21(11-15)31-14-30-20/h1-11H,12-14H2,(H,25,28)(H,26,27). The van der Waals surface area contributed by atoms with E-state index in [0.29, 0.717) is 40.1 Å². The summed E-state index contributed by atoms with van der Waals surface area (Å²) in [4.78, 5) is 25.0. The number of ether oxygens (including phenoxy) is 3. The van der Waals surface area contributed by atoms with Crippen LogP contribution >= 0.6 is 11.6 Å². The fourth-order valence-corrected chi connectivity index (χ4v) is 3.20. The summed E-state index contributed by atoms with van der Waals surface area (Å²) in [7, 11) is 0. The Labute approximate surface area is 183 Å². The molecule has 0 saturated carbocycles. The van der Waals surface area contributed by atoms with Crippen LogP contribution in [0.25, 0.3) is 0 Å². The third kappa shape index (κ3) is 5.07. The van der Waals surface area contributed by atoms with Gasteiger partial charge in [-0.15, -0.1) is 0 Å². The molecule has 2 amide bonds. The van der Waals surface area contributed by atoms with Crippen LogP contribution in [0.4, 0.5) is 5.69 Å². The number of amides is 2. The molecule has 0 aliphatic carbocycles. The molecule has 7 nitrogen and oxygen atoms in total. The fraction of sp³-hybridized carbons (Fsp3) is 0.130. The number of para-hydroxylation sites is 2. The Morgan fingerprint density at radius 2 is 1.74 bits per heavy atom. The lowest BCUT2D eigenvalue weighted by Gasteiger charge is -2.12. The smallest absolute Gasteiger partial charge is 0.262 e. The van der Waals surface area contributed by atoms with Gasteiger partial charge in [-0.05, 0) is 42.0 Å². The molecule has 3 aromatic rings. The van der Waals surface area contributed by atoms with Gasteiger partial charge in [-0.2, -0.15) is 0 Å². The van der Waals surface area contributed by atoms with Crippen molar-refractivity contribution in [3.63, 3.8) is 0 Å². The molecule has 0 spiro atoms. The van der Waals surface area contributed by atoms with Crippen molar-refractivity contribution in [3.8, 4) is 17.2 Å². The van der Waals surface area contributed by atoms with Gasteiger partial charge in [0.2, 0.25) is 6.79 Å². The van der Waals surface area contributed by atoms with Crippen molar-refractivity contribution < 1.29 is 23.8 Å². The van der Waals surface area contributed by atoms with Gasteiger partial charge in [0, 0.05) is 6.54 Å². The third-order valence-corrected chi connectivity index (χ3v) is 4.84. The van der Waals surface area contributed by atoms with Gasteiger partial charge < -0.3 is 24.8 Å². The first-order valence-electron chi connectivity index (χ1n) is 9.53. The maximum atomic E-state index is 12.7. The van der Waals surface area contributed by atoms with Crippen LogP contribution in [0.5, 0.6) is 17.2 Å². The molecule has 8 heteroatoms. The minimum Gasteiger partial charge on any atom is -0.482 e. The number of nitrogens with one attached hydrogen (secondary N) is 2. The minimum absolute atomic E-state index is 0.193. The van der Waals surface area contributed by atoms with Crippen LogP contribution in [0, 0.1) is 0 Å². The van der Waals surface area contributed by atoms with Crippen LogP contribution in [0.3, 0.4) is 0 Å². The zero-order valence-electron chi connectivity index (χ0n) is 16.4. The Hall–Kier alpha value is -3.71. The van der Waals surface area contributed by atoms with Crippen LogP contribution in [0.1, 0.15) is 15.9 Å². The van der Waals surface area contributed by atoms with Gasteiger partial charge >= 0.3 is 0 Å². The molecule has 2 N–H and O–H groups in total. The molecule has 0 fully saturated rings. The van der Waals surface area contributed by atoms with Gasteiger partial charge in [-0.1, -0.05) is 41.9 Å². The predicted molar refractivity (Wildman–Crippen MR) is 116 cm³/mol. The molecular formula is C23H19ClN2O5. The summed E-state index contributed by atoms with van der Waals surface area (Å²) < 4.78 is 16.1. The van der Waals surface area contributed by atoms with Crippen molar-refractivity contribution in [3.05, 3.63) is 82.9 Å². The number of anilines is 1. The second-order valence-electron chi connectivity index (χ2n) is 6.68. The monoisotopic (exact) mass is 438 g/mol. The molecule has 158 valence electrons. The quantitative estimate of drug-likeness (QED) is 0.582. The highest BCUT2D eigenvalue weighted by Crippen LogP contribution is 2.32. The van der Waals surface area contributed by atoms with Crippen molar-refractivity contribution >= 4 is 29.1 Å². The lowest BCUT2D eigenvalue weighted by molar-refractivity contribution is -0.118. The maximum absolute atomic E-state index is 12.7. The molecule has 0 aromatic heterocycles. The Morgan fingerprint density at radius 1 is 0.968 bits per heavy atom. The highest BCUT2D eigenvalue weighted by Gasteiger charge is 2.16. The highest BCUT2D eigenvalue weighted by atomic mass is 35.5. The van der Waals surface area contributed by atoms with Crippen LogP contribution < -0.4 is 24.8 Å². The molecule has 1 aliphatic rings. The Bertz CT molecular complexity index is 1120. The average Bonchev–Trinajstić information content (AvgIpc) is 3.25. The molecular weight excluding hydrogens is 420 g/mol. The number of benzene rings is 3. The SMILES string of the molecule is O=C(COc1ccccc1Cl)Nc1ccccc1C(=O)NCc1ccc2c(c1)OCO2. The molecule has 31 heavy (non-hydrogen) atoms. The van der Waals surface area contributed by atoms with Gasteiger partial charge in [0.25, 0.3) is 11.8 Å². The first kappa shape index (κ1) is 20.6. The lowest BCUT2D eigenvalue weighted by atomic mass is 10.1. The van der Waals surface area contributed by atoms with E-state index in [-0.39, 0.29) is 19.3 Å². The number of rotatable bonds is 7. The van der Waals surface area contributed by atoms with Crippen LogP contribution in [-0.4, -0.2) is 25.2 Å². The summed E-state index contributed by atoms with van der Waals surface area (Å²) in [5, 5.41) is 5.97. The number of carbonyl (C=O) groups is 2. The van der Waals surface area contributed by atoms with Gasteiger partial charge in [0.1, 0.15) is 5.75 Å². The van der Waals surface area contributed by atoms with Crippen molar-refractivity contribution in [2.75, 3.05) is 18.7 Å². The summed E-state index contributed by atoms with van der Waals surface area (Å²) in [6, 6.07) is 19.1. The van der Waals surface area contributed by atoms with Gasteiger partial charge in [0.15, 0.2) is 18.1 Å². The number of halogens is 1. The fourth-order valence-electron chi connectivity index (χ4n) is 3.01. The van der Waals surface area contributed by atoms with Gasteiger partial charge in [-0.25, -0.2) is 0 Å². The number of carbonyl (C=O) groups excluding carboxylic acids is 2. The third-order valence-electron chi connectivity index (χ3n) is 4.53. The summed E-state index contributed by atoms with van der Waals surface area (Å²) in [5.74, 6) is 1.02. The normalized spacial score (nSPS) is 11.6. The number of hydrogen-bond donors (Lipinski definition) is 2. The average molecular weight is 439 g/mol. The first-order valence-corrected chi connectivity index (χ1v) is 9.91. The van der Waals surface area contributed by atoms with E-state index in [1.807, 2.05) is 12.1 Å². The zero-order chi connectivity index (χ0) is 21.6. The Kier molecular flexibility index (Phi) is 6.24. The van der Waals surface area contributed by atoms with E-state index < -0.39 is 5.91 Å². The van der Waals surface area contributed by atoms with Gasteiger partial charge in [0.05, 0.1) is 16.3 Å². The number of fused-ring (bicyclic) bond motifs is 1. The molecule has 0 unspecified atom stereocenters. The van der Waals surface area contributed by atoms with E-state index in [4.69, 9.17) is 25.8 Å². The van der Waals surface area contributed by atoms with E-state index in [9.17, 15) is 9.59 Å². The molecule has 0 atom stereocenters. The minimum atomic E-state index is -0.407. The van der Waals surface area contributed by atoms with Crippen molar-refractivity contribution in [1.29, 1.82) is 0 Å². The Balaban J connectivity index is 1.36. The zero-order valence-corrected chi connectivity index (χ0v) is 17.1. The van der Waals surface area contributed by atoms with E-state index >= 15 is 0 Å². The number of hydrogen-bond acceptors (Lipinski definition) is 5. The summed E-state index contributed by atoms with van der Waals surface area (Å²) in [6.45, 7) is 0.253. The molecule has 3 aromatic carbocycles. The van der Waals surface area contributed by atoms with Gasteiger partial charge in [-0.3, -0.25) is 9.59 Å². The van der Waals surface area contributed by atoms with Crippen molar-refractivity contribution in [1.82, 2.24) is 5.32 Å². The molecule has 0 radical (unpaired) electrons. The maximum Gasteiger partial charge on any atom is 0.262 e. The van der Waals surface area contributed by atoms with E-state index in [0.717, 1.165) is 5.56 Å². The molecule has 1 heterocycles. The molecule has 0 bridgehead atoms. The first-order chi connectivity index (χ1) is 15.1. The van der Waals surface area contributed by atoms with Crippen LogP contribution in [-0.2, 0) is 11.3 Å². The molecule has 1 aliphatic heterocycles. The summed E-state index contributed by atoms with van der Waals surface area (Å²) in [5.41, 5.74) is 1.60. The topological polar surface area (TPSA) is 85.9 Å². The van der Waals surface area contributed by atoms with Crippen LogP contribution in [0.2, 0.25) is 5.02 Å². The molecule has 4 rings (SSSR count). The van der Waals surface area contributed by atoms with E-state index in [1.54, 1.807) is 54.6 Å². The Morgan fingerprint density at radius 3 is 2.61 bits per heavy atom. The van der Waals surface area contributed by atoms with Crippen molar-refractivity contribution in [2.45, 2.75) is 6.54 Å². The molecule has 0 saturated heterocycles. The predicted octanol–water partition coefficient (Wildman–Crippen LogP) is 4.02. The van der Waals surface area contributed by atoms with E-state index in [2.05, 4.69) is 10.6 Å². The highest BCUT2D eigenvalue weighted by molar-refractivity contribution is 6.32. The summed E-state index contributed by atoms with van der Waals surface area (Å²) >= 11 is 6.03. The van der Waals surface area contributed by atoms with Crippen molar-refractivity contribution in [2.24, 2.45) is 0 Å². The van der Waals surface area contributed by atoms with Crippen LogP contribution in [0.15, 0.2) is 66.7 Å².